The molecule has 0 aliphatic rings. The van der Waals surface area contributed by atoms with Crippen LogP contribution in [0.2, 0.25) is 0 Å². The Morgan fingerprint density at radius 1 is 1.65 bits per heavy atom. The van der Waals surface area contributed by atoms with Crippen molar-refractivity contribution in [2.24, 2.45) is 0 Å². The van der Waals surface area contributed by atoms with Crippen LogP contribution >= 0.6 is 27.7 Å². The second-order valence-electron chi connectivity index (χ2n) is 3.83. The van der Waals surface area contributed by atoms with Gasteiger partial charge in [-0.1, -0.05) is 13.8 Å². The zero-order valence-corrected chi connectivity index (χ0v) is 12.8. The van der Waals surface area contributed by atoms with Crippen molar-refractivity contribution in [2.75, 3.05) is 18.1 Å². The van der Waals surface area contributed by atoms with Crippen molar-refractivity contribution in [3.63, 3.8) is 0 Å². The minimum absolute atomic E-state index is 0.0753. The molecule has 1 unspecified atom stereocenters. The van der Waals surface area contributed by atoms with Gasteiger partial charge in [0.1, 0.15) is 4.47 Å². The summed E-state index contributed by atoms with van der Waals surface area (Å²) in [5, 5.41) is 7.87. The predicted molar refractivity (Wildman–Crippen MR) is 78.0 cm³/mol. The monoisotopic (exact) mass is 319 g/mol. The number of hydrogen-bond acceptors (Lipinski definition) is 4. The van der Waals surface area contributed by atoms with Crippen LogP contribution in [-0.4, -0.2) is 27.8 Å². The molecule has 96 valence electrons. The molecule has 0 aromatic carbocycles. The van der Waals surface area contributed by atoms with Crippen LogP contribution in [0.1, 0.15) is 20.3 Å². The van der Waals surface area contributed by atoms with Gasteiger partial charge in [0, 0.05) is 18.3 Å². The Kier molecular flexibility index (Phi) is 6.05. The van der Waals surface area contributed by atoms with Gasteiger partial charge in [-0.25, -0.2) is 4.68 Å². The molecular weight excluding hydrogens is 302 g/mol. The van der Waals surface area contributed by atoms with E-state index in [1.165, 1.54) is 4.68 Å². The molecule has 17 heavy (non-hydrogen) atoms. The summed E-state index contributed by atoms with van der Waals surface area (Å²) in [6.07, 6.45) is 4.67. The molecule has 0 aliphatic heterocycles. The van der Waals surface area contributed by atoms with Crippen molar-refractivity contribution in [3.05, 3.63) is 21.0 Å². The number of rotatable bonds is 6. The standard InChI is InChI=1S/C11H18BrN3OS/c1-4-5-15-11(16)10(12)9(7-14-15)13-6-8(2)17-3/h7-8,13H,4-6H2,1-3H3. The second-order valence-corrected chi connectivity index (χ2v) is 5.90. The lowest BCUT2D eigenvalue weighted by atomic mass is 10.4. The molecule has 0 spiro atoms. The molecular formula is C11H18BrN3OS. The topological polar surface area (TPSA) is 46.9 Å². The summed E-state index contributed by atoms with van der Waals surface area (Å²) in [6.45, 7) is 5.63. The second kappa shape index (κ2) is 7.06. The van der Waals surface area contributed by atoms with Gasteiger partial charge in [0.05, 0.1) is 11.9 Å². The van der Waals surface area contributed by atoms with E-state index in [1.807, 2.05) is 6.92 Å². The third-order valence-corrected chi connectivity index (χ3v) is 4.14. The largest absolute Gasteiger partial charge is 0.382 e. The molecule has 1 aromatic rings. The Bertz CT molecular complexity index is 422. The van der Waals surface area contributed by atoms with Crippen molar-refractivity contribution in [1.29, 1.82) is 0 Å². The summed E-state index contributed by atoms with van der Waals surface area (Å²) in [5.41, 5.74) is 0.692. The zero-order chi connectivity index (χ0) is 12.8. The highest BCUT2D eigenvalue weighted by molar-refractivity contribution is 9.10. The van der Waals surface area contributed by atoms with Crippen LogP contribution in [0.4, 0.5) is 5.69 Å². The molecule has 1 heterocycles. The molecule has 1 N–H and O–H groups in total. The zero-order valence-electron chi connectivity index (χ0n) is 10.4. The maximum Gasteiger partial charge on any atom is 0.283 e. The summed E-state index contributed by atoms with van der Waals surface area (Å²) in [5.74, 6) is 0. The van der Waals surface area contributed by atoms with E-state index in [0.717, 1.165) is 18.7 Å². The third-order valence-electron chi connectivity index (χ3n) is 2.40. The first-order valence-corrected chi connectivity index (χ1v) is 7.70. The fourth-order valence-electron chi connectivity index (χ4n) is 1.30. The van der Waals surface area contributed by atoms with Gasteiger partial charge in [-0.2, -0.15) is 16.9 Å². The van der Waals surface area contributed by atoms with Crippen LogP contribution in [0.15, 0.2) is 15.5 Å². The summed E-state index contributed by atoms with van der Waals surface area (Å²) in [7, 11) is 0. The lowest BCUT2D eigenvalue weighted by molar-refractivity contribution is 0.566. The minimum atomic E-state index is -0.0753. The molecule has 0 saturated heterocycles. The van der Waals surface area contributed by atoms with E-state index in [9.17, 15) is 4.79 Å². The van der Waals surface area contributed by atoms with Crippen LogP contribution in [-0.2, 0) is 6.54 Å². The molecule has 0 aliphatic carbocycles. The van der Waals surface area contributed by atoms with E-state index < -0.39 is 0 Å². The maximum atomic E-state index is 11.9. The predicted octanol–water partition coefficient (Wildman–Crippen LogP) is 2.58. The van der Waals surface area contributed by atoms with Gasteiger partial charge in [0.2, 0.25) is 0 Å². The van der Waals surface area contributed by atoms with Gasteiger partial charge in [-0.3, -0.25) is 4.79 Å². The van der Waals surface area contributed by atoms with Gasteiger partial charge in [-0.05, 0) is 28.6 Å². The number of nitrogens with zero attached hydrogens (tertiary/aromatic N) is 2. The van der Waals surface area contributed by atoms with Crippen molar-refractivity contribution in [3.8, 4) is 0 Å². The number of nitrogens with one attached hydrogen (secondary N) is 1. The van der Waals surface area contributed by atoms with E-state index in [4.69, 9.17) is 0 Å². The van der Waals surface area contributed by atoms with Gasteiger partial charge in [-0.15, -0.1) is 0 Å². The first-order valence-electron chi connectivity index (χ1n) is 5.62. The third kappa shape index (κ3) is 4.03. The molecule has 1 aromatic heterocycles. The van der Waals surface area contributed by atoms with Gasteiger partial charge in [0.15, 0.2) is 0 Å². The Morgan fingerprint density at radius 2 is 2.35 bits per heavy atom. The SMILES string of the molecule is CCCn1ncc(NCC(C)SC)c(Br)c1=O. The Hall–Kier alpha value is -0.490. The number of halogens is 1. The normalized spacial score (nSPS) is 12.5. The van der Waals surface area contributed by atoms with Gasteiger partial charge >= 0.3 is 0 Å². The number of aryl methyl sites for hydroxylation is 1. The molecule has 0 fully saturated rings. The number of aromatic nitrogens is 2. The van der Waals surface area contributed by atoms with Crippen molar-refractivity contribution >= 4 is 33.4 Å². The minimum Gasteiger partial charge on any atom is -0.382 e. The van der Waals surface area contributed by atoms with E-state index in [0.29, 0.717) is 16.3 Å². The molecule has 6 heteroatoms. The Labute approximate surface area is 114 Å². The molecule has 0 amide bonds. The molecule has 0 radical (unpaired) electrons. The van der Waals surface area contributed by atoms with E-state index in [-0.39, 0.29) is 5.56 Å². The van der Waals surface area contributed by atoms with E-state index in [2.05, 4.69) is 39.5 Å². The van der Waals surface area contributed by atoms with Crippen LogP contribution in [0.25, 0.3) is 0 Å². The summed E-state index contributed by atoms with van der Waals surface area (Å²) in [6, 6.07) is 0. The Morgan fingerprint density at radius 3 is 2.94 bits per heavy atom. The average Bonchev–Trinajstić information content (AvgIpc) is 2.34. The highest BCUT2D eigenvalue weighted by Gasteiger charge is 2.08. The molecule has 1 rings (SSSR count). The van der Waals surface area contributed by atoms with Gasteiger partial charge in [0.25, 0.3) is 5.56 Å². The summed E-state index contributed by atoms with van der Waals surface area (Å²) in [4.78, 5) is 11.9. The number of thioether (sulfide) groups is 1. The molecule has 4 nitrogen and oxygen atoms in total. The van der Waals surface area contributed by atoms with E-state index in [1.54, 1.807) is 18.0 Å². The lowest BCUT2D eigenvalue weighted by Crippen LogP contribution is -2.25. The highest BCUT2D eigenvalue weighted by Crippen LogP contribution is 2.17. The molecule has 0 saturated carbocycles. The highest BCUT2D eigenvalue weighted by atomic mass is 79.9. The van der Waals surface area contributed by atoms with Crippen molar-refractivity contribution in [2.45, 2.75) is 32.1 Å². The fourth-order valence-corrected chi connectivity index (χ4v) is 1.99. The Balaban J connectivity index is 2.82. The first kappa shape index (κ1) is 14.6. The van der Waals surface area contributed by atoms with E-state index >= 15 is 0 Å². The first-order chi connectivity index (χ1) is 8.10. The molecule has 0 bridgehead atoms. The van der Waals surface area contributed by atoms with Gasteiger partial charge < -0.3 is 5.32 Å². The van der Waals surface area contributed by atoms with Crippen molar-refractivity contribution in [1.82, 2.24) is 9.78 Å². The average molecular weight is 320 g/mol. The van der Waals surface area contributed by atoms with Crippen LogP contribution in [0.3, 0.4) is 0 Å². The van der Waals surface area contributed by atoms with Crippen LogP contribution in [0, 0.1) is 0 Å². The number of hydrogen-bond donors (Lipinski definition) is 1. The lowest BCUT2D eigenvalue weighted by Gasteiger charge is -2.12. The van der Waals surface area contributed by atoms with Crippen molar-refractivity contribution < 1.29 is 0 Å². The maximum absolute atomic E-state index is 11.9. The fraction of sp³-hybridized carbons (Fsp3) is 0.636. The van der Waals surface area contributed by atoms with Crippen LogP contribution < -0.4 is 10.9 Å². The smallest absolute Gasteiger partial charge is 0.283 e. The number of anilines is 1. The quantitative estimate of drug-likeness (QED) is 0.875. The summed E-state index contributed by atoms with van der Waals surface area (Å²) < 4.78 is 2.04. The summed E-state index contributed by atoms with van der Waals surface area (Å²) >= 11 is 5.11. The van der Waals surface area contributed by atoms with Crippen LogP contribution in [0.5, 0.6) is 0 Å². The molecule has 1 atom stereocenters.